The van der Waals surface area contributed by atoms with E-state index < -0.39 is 18.2 Å². The van der Waals surface area contributed by atoms with Gasteiger partial charge in [0.2, 0.25) is 0 Å². The standard InChI is InChI=1S/C21H16F2N2O3/c1-11-21(12(2)28-24-11)13-3-5-16-19(7-13)25(15(10-26)9-20(16)27)18-6-4-14(22)8-17(18)23/h3-9,26H,10H2,1-2H3. The summed E-state index contributed by atoms with van der Waals surface area (Å²) < 4.78 is 34.6. The monoisotopic (exact) mass is 382 g/mol. The summed E-state index contributed by atoms with van der Waals surface area (Å²) in [6, 6.07) is 9.53. The smallest absolute Gasteiger partial charge is 0.189 e. The zero-order chi connectivity index (χ0) is 20.0. The number of halogens is 2. The van der Waals surface area contributed by atoms with Crippen LogP contribution in [0, 0.1) is 25.5 Å². The maximum Gasteiger partial charge on any atom is 0.189 e. The summed E-state index contributed by atoms with van der Waals surface area (Å²) in [5, 5.41) is 14.1. The van der Waals surface area contributed by atoms with Crippen LogP contribution >= 0.6 is 0 Å². The topological polar surface area (TPSA) is 68.3 Å². The SMILES string of the molecule is Cc1noc(C)c1-c1ccc2c(=O)cc(CO)n(-c3ccc(F)cc3F)c2c1. The Morgan fingerprint density at radius 1 is 1.11 bits per heavy atom. The van der Waals surface area contributed by atoms with Crippen LogP contribution in [-0.4, -0.2) is 14.8 Å². The van der Waals surface area contributed by atoms with Crippen molar-refractivity contribution in [2.45, 2.75) is 20.5 Å². The lowest BCUT2D eigenvalue weighted by Crippen LogP contribution is -2.14. The molecule has 7 heteroatoms. The van der Waals surface area contributed by atoms with Gasteiger partial charge in [-0.15, -0.1) is 0 Å². The minimum Gasteiger partial charge on any atom is -0.390 e. The van der Waals surface area contributed by atoms with Gasteiger partial charge in [-0.25, -0.2) is 8.78 Å². The average Bonchev–Trinajstić information content (AvgIpc) is 3.00. The molecule has 0 spiro atoms. The van der Waals surface area contributed by atoms with E-state index in [0.29, 0.717) is 22.4 Å². The van der Waals surface area contributed by atoms with Crippen molar-refractivity contribution in [1.29, 1.82) is 0 Å². The zero-order valence-corrected chi connectivity index (χ0v) is 15.2. The molecule has 5 nitrogen and oxygen atoms in total. The third-order valence-electron chi connectivity index (χ3n) is 4.72. The molecule has 0 fully saturated rings. The van der Waals surface area contributed by atoms with Crippen molar-refractivity contribution in [3.8, 4) is 16.8 Å². The van der Waals surface area contributed by atoms with Crippen LogP contribution in [0.25, 0.3) is 27.7 Å². The van der Waals surface area contributed by atoms with Crippen molar-refractivity contribution in [3.05, 3.63) is 81.5 Å². The molecule has 2 heterocycles. The van der Waals surface area contributed by atoms with Gasteiger partial charge in [0.25, 0.3) is 0 Å². The summed E-state index contributed by atoms with van der Waals surface area (Å²) in [6.07, 6.45) is 0. The van der Waals surface area contributed by atoms with Crippen molar-refractivity contribution in [2.75, 3.05) is 0 Å². The minimum atomic E-state index is -0.803. The highest BCUT2D eigenvalue weighted by molar-refractivity contribution is 5.87. The van der Waals surface area contributed by atoms with Crippen molar-refractivity contribution in [1.82, 2.24) is 9.72 Å². The first kappa shape index (κ1) is 18.1. The van der Waals surface area contributed by atoms with Crippen LogP contribution in [0.3, 0.4) is 0 Å². The number of rotatable bonds is 3. The highest BCUT2D eigenvalue weighted by atomic mass is 19.1. The van der Waals surface area contributed by atoms with Crippen molar-refractivity contribution >= 4 is 10.9 Å². The number of nitrogens with zero attached hydrogens (tertiary/aromatic N) is 2. The van der Waals surface area contributed by atoms with Gasteiger partial charge in [0.15, 0.2) is 5.43 Å². The quantitative estimate of drug-likeness (QED) is 0.581. The van der Waals surface area contributed by atoms with E-state index in [0.717, 1.165) is 23.3 Å². The summed E-state index contributed by atoms with van der Waals surface area (Å²) >= 11 is 0. The Bertz CT molecular complexity index is 1260. The molecule has 4 aromatic rings. The lowest BCUT2D eigenvalue weighted by atomic mass is 10.0. The van der Waals surface area contributed by atoms with Gasteiger partial charge in [-0.2, -0.15) is 0 Å². The Labute approximate surface area is 158 Å². The fourth-order valence-electron chi connectivity index (χ4n) is 3.49. The number of aryl methyl sites for hydroxylation is 2. The van der Waals surface area contributed by atoms with Crippen LogP contribution in [0.5, 0.6) is 0 Å². The number of fused-ring (bicyclic) bond motifs is 1. The highest BCUT2D eigenvalue weighted by Crippen LogP contribution is 2.31. The first-order valence-electron chi connectivity index (χ1n) is 8.59. The normalized spacial score (nSPS) is 11.3. The van der Waals surface area contributed by atoms with Gasteiger partial charge in [-0.05, 0) is 43.7 Å². The third kappa shape index (κ3) is 2.80. The van der Waals surface area contributed by atoms with Gasteiger partial charge in [0.05, 0.1) is 29.2 Å². The molecule has 0 saturated carbocycles. The van der Waals surface area contributed by atoms with E-state index in [-0.39, 0.29) is 16.8 Å². The number of aromatic nitrogens is 2. The molecule has 0 amide bonds. The van der Waals surface area contributed by atoms with Crippen molar-refractivity contribution in [3.63, 3.8) is 0 Å². The molecule has 0 radical (unpaired) electrons. The van der Waals surface area contributed by atoms with E-state index in [2.05, 4.69) is 5.16 Å². The molecule has 4 rings (SSSR count). The van der Waals surface area contributed by atoms with E-state index in [1.165, 1.54) is 16.7 Å². The number of hydrogen-bond acceptors (Lipinski definition) is 4. The molecular formula is C21H16F2N2O3. The van der Waals surface area contributed by atoms with Crippen molar-refractivity contribution < 1.29 is 18.4 Å². The molecule has 0 aliphatic rings. The van der Waals surface area contributed by atoms with E-state index in [1.54, 1.807) is 32.0 Å². The summed E-state index contributed by atoms with van der Waals surface area (Å²) in [4.78, 5) is 12.5. The molecule has 2 aromatic carbocycles. The van der Waals surface area contributed by atoms with Gasteiger partial charge in [0, 0.05) is 23.1 Å². The summed E-state index contributed by atoms with van der Waals surface area (Å²) in [6.45, 7) is 3.08. The van der Waals surface area contributed by atoms with Gasteiger partial charge in [-0.3, -0.25) is 4.79 Å². The molecule has 1 N–H and O–H groups in total. The largest absolute Gasteiger partial charge is 0.390 e. The second-order valence-electron chi connectivity index (χ2n) is 6.52. The lowest BCUT2D eigenvalue weighted by Gasteiger charge is -2.17. The molecule has 142 valence electrons. The molecule has 0 saturated heterocycles. The summed E-state index contributed by atoms with van der Waals surface area (Å²) in [7, 11) is 0. The Kier molecular flexibility index (Phi) is 4.31. The van der Waals surface area contributed by atoms with Crippen LogP contribution in [0.2, 0.25) is 0 Å². The maximum atomic E-state index is 14.5. The lowest BCUT2D eigenvalue weighted by molar-refractivity contribution is 0.274. The minimum absolute atomic E-state index is 0.0337. The Balaban J connectivity index is 2.11. The fraction of sp³-hybridized carbons (Fsp3) is 0.143. The number of hydrogen-bond donors (Lipinski definition) is 1. The van der Waals surface area contributed by atoms with E-state index in [9.17, 15) is 18.7 Å². The van der Waals surface area contributed by atoms with Crippen LogP contribution < -0.4 is 5.43 Å². The van der Waals surface area contributed by atoms with Crippen molar-refractivity contribution in [2.24, 2.45) is 0 Å². The van der Waals surface area contributed by atoms with Gasteiger partial charge >= 0.3 is 0 Å². The molecule has 28 heavy (non-hydrogen) atoms. The molecular weight excluding hydrogens is 366 g/mol. The second kappa shape index (κ2) is 6.69. The average molecular weight is 382 g/mol. The Morgan fingerprint density at radius 3 is 2.54 bits per heavy atom. The van der Waals surface area contributed by atoms with Crippen LogP contribution in [0.4, 0.5) is 8.78 Å². The fourth-order valence-corrected chi connectivity index (χ4v) is 3.49. The molecule has 0 bridgehead atoms. The Morgan fingerprint density at radius 2 is 1.89 bits per heavy atom. The van der Waals surface area contributed by atoms with Gasteiger partial charge in [0.1, 0.15) is 17.4 Å². The maximum absolute atomic E-state index is 14.5. The van der Waals surface area contributed by atoms with Crippen LogP contribution in [-0.2, 0) is 6.61 Å². The summed E-state index contributed by atoms with van der Waals surface area (Å²) in [5.74, 6) is -0.909. The number of aliphatic hydroxyl groups is 1. The predicted molar refractivity (Wildman–Crippen MR) is 100 cm³/mol. The molecule has 0 aliphatic heterocycles. The predicted octanol–water partition coefficient (Wildman–Crippen LogP) is 4.03. The van der Waals surface area contributed by atoms with Gasteiger partial charge < -0.3 is 14.2 Å². The highest BCUT2D eigenvalue weighted by Gasteiger charge is 2.17. The molecule has 0 unspecified atom stereocenters. The number of benzene rings is 2. The Hall–Kier alpha value is -3.32. The molecule has 2 aromatic heterocycles. The van der Waals surface area contributed by atoms with E-state index in [1.807, 2.05) is 0 Å². The van der Waals surface area contributed by atoms with Gasteiger partial charge in [-0.1, -0.05) is 11.2 Å². The van der Waals surface area contributed by atoms with Crippen LogP contribution in [0.15, 0.2) is 51.8 Å². The number of pyridine rings is 1. The van der Waals surface area contributed by atoms with E-state index >= 15 is 0 Å². The molecule has 0 aliphatic carbocycles. The summed E-state index contributed by atoms with van der Waals surface area (Å²) in [5.41, 5.74) is 2.49. The zero-order valence-electron chi connectivity index (χ0n) is 15.2. The van der Waals surface area contributed by atoms with Crippen LogP contribution in [0.1, 0.15) is 17.1 Å². The first-order valence-corrected chi connectivity index (χ1v) is 8.59. The number of aliphatic hydroxyl groups excluding tert-OH is 1. The second-order valence-corrected chi connectivity index (χ2v) is 6.52. The van der Waals surface area contributed by atoms with E-state index in [4.69, 9.17) is 4.52 Å². The first-order chi connectivity index (χ1) is 13.4. The molecule has 0 atom stereocenters. The third-order valence-corrected chi connectivity index (χ3v) is 4.72.